The fourth-order valence-electron chi connectivity index (χ4n) is 1.92. The van der Waals surface area contributed by atoms with E-state index in [4.69, 9.17) is 0 Å². The zero-order valence-electron chi connectivity index (χ0n) is 10.8. The molecule has 18 heavy (non-hydrogen) atoms. The van der Waals surface area contributed by atoms with Crippen LogP contribution in [0.15, 0.2) is 22.7 Å². The summed E-state index contributed by atoms with van der Waals surface area (Å²) < 4.78 is 13.4. The molecule has 100 valence electrons. The largest absolute Gasteiger partial charge is 0.326 e. The number of carbonyl (C=O) groups is 1. The van der Waals surface area contributed by atoms with Crippen LogP contribution in [0.25, 0.3) is 0 Å². The lowest BCUT2D eigenvalue weighted by Gasteiger charge is -2.15. The average molecular weight is 316 g/mol. The second-order valence-corrected chi connectivity index (χ2v) is 5.25. The highest BCUT2D eigenvalue weighted by Crippen LogP contribution is 2.22. The van der Waals surface area contributed by atoms with Crippen molar-refractivity contribution in [3.8, 4) is 0 Å². The highest BCUT2D eigenvalue weighted by molar-refractivity contribution is 9.10. The van der Waals surface area contributed by atoms with Gasteiger partial charge in [0.25, 0.3) is 0 Å². The molecule has 0 saturated heterocycles. The third-order valence-corrected chi connectivity index (χ3v) is 3.44. The van der Waals surface area contributed by atoms with Gasteiger partial charge in [0.1, 0.15) is 5.82 Å². The highest BCUT2D eigenvalue weighted by atomic mass is 79.9. The van der Waals surface area contributed by atoms with Gasteiger partial charge in [-0.3, -0.25) is 4.79 Å². The van der Waals surface area contributed by atoms with E-state index in [1.807, 2.05) is 0 Å². The standard InChI is InChI=1S/C14H19BrFNO/c1-3-5-10(6-4-2)14(18)17-11-7-8-13(16)12(15)9-11/h7-10H,3-6H2,1-2H3,(H,17,18). The topological polar surface area (TPSA) is 29.1 Å². The predicted octanol–water partition coefficient (Wildman–Crippen LogP) is 4.74. The average Bonchev–Trinajstić information content (AvgIpc) is 2.33. The van der Waals surface area contributed by atoms with E-state index >= 15 is 0 Å². The first-order valence-corrected chi connectivity index (χ1v) is 7.13. The number of carbonyl (C=O) groups excluding carboxylic acids is 1. The van der Waals surface area contributed by atoms with E-state index in [1.54, 1.807) is 12.1 Å². The van der Waals surface area contributed by atoms with Crippen molar-refractivity contribution in [1.82, 2.24) is 0 Å². The van der Waals surface area contributed by atoms with Crippen molar-refractivity contribution in [3.63, 3.8) is 0 Å². The zero-order valence-corrected chi connectivity index (χ0v) is 12.4. The van der Waals surface area contributed by atoms with Gasteiger partial charge in [0.2, 0.25) is 5.91 Å². The normalized spacial score (nSPS) is 10.7. The molecule has 1 amide bonds. The van der Waals surface area contributed by atoms with Crippen molar-refractivity contribution >= 4 is 27.5 Å². The summed E-state index contributed by atoms with van der Waals surface area (Å²) in [6.07, 6.45) is 3.76. The lowest BCUT2D eigenvalue weighted by molar-refractivity contribution is -0.120. The van der Waals surface area contributed by atoms with Gasteiger partial charge >= 0.3 is 0 Å². The maximum atomic E-state index is 13.1. The summed E-state index contributed by atoms with van der Waals surface area (Å²) in [6.45, 7) is 4.15. The molecule has 0 saturated carbocycles. The quantitative estimate of drug-likeness (QED) is 0.807. The maximum Gasteiger partial charge on any atom is 0.227 e. The Bertz CT molecular complexity index is 403. The molecule has 0 aliphatic carbocycles. The Morgan fingerprint density at radius 1 is 1.33 bits per heavy atom. The summed E-state index contributed by atoms with van der Waals surface area (Å²) in [7, 11) is 0. The molecule has 0 aromatic heterocycles. The summed E-state index contributed by atoms with van der Waals surface area (Å²) in [5, 5.41) is 2.84. The minimum absolute atomic E-state index is 0.0252. The van der Waals surface area contributed by atoms with Gasteiger partial charge in [0, 0.05) is 11.6 Å². The minimum atomic E-state index is -0.327. The molecule has 2 nitrogen and oxygen atoms in total. The number of amides is 1. The molecule has 0 spiro atoms. The van der Waals surface area contributed by atoms with Crippen LogP contribution in [0.5, 0.6) is 0 Å². The van der Waals surface area contributed by atoms with Crippen LogP contribution in [-0.2, 0) is 4.79 Å². The first kappa shape index (κ1) is 15.2. The van der Waals surface area contributed by atoms with Crippen molar-refractivity contribution in [2.45, 2.75) is 39.5 Å². The molecule has 0 atom stereocenters. The lowest BCUT2D eigenvalue weighted by atomic mass is 9.97. The van der Waals surface area contributed by atoms with Gasteiger partial charge in [-0.25, -0.2) is 4.39 Å². The predicted molar refractivity (Wildman–Crippen MR) is 76.0 cm³/mol. The van der Waals surface area contributed by atoms with Crippen LogP contribution in [0, 0.1) is 11.7 Å². The van der Waals surface area contributed by atoms with Crippen LogP contribution in [0.4, 0.5) is 10.1 Å². The Labute approximate surface area is 116 Å². The lowest BCUT2D eigenvalue weighted by Crippen LogP contribution is -2.22. The molecule has 0 radical (unpaired) electrons. The molecular formula is C14H19BrFNO. The van der Waals surface area contributed by atoms with Gasteiger partial charge in [0.15, 0.2) is 0 Å². The summed E-state index contributed by atoms with van der Waals surface area (Å²) in [5.74, 6) is -0.257. The Kier molecular flexibility index (Phi) is 6.33. The van der Waals surface area contributed by atoms with Crippen molar-refractivity contribution in [2.75, 3.05) is 5.32 Å². The third-order valence-electron chi connectivity index (χ3n) is 2.83. The highest BCUT2D eigenvalue weighted by Gasteiger charge is 2.16. The second kappa shape index (κ2) is 7.52. The van der Waals surface area contributed by atoms with Crippen molar-refractivity contribution in [3.05, 3.63) is 28.5 Å². The Morgan fingerprint density at radius 2 is 1.94 bits per heavy atom. The molecule has 1 aromatic carbocycles. The smallest absolute Gasteiger partial charge is 0.227 e. The van der Waals surface area contributed by atoms with E-state index in [0.29, 0.717) is 10.2 Å². The van der Waals surface area contributed by atoms with Crippen LogP contribution in [0.2, 0.25) is 0 Å². The first-order chi connectivity index (χ1) is 8.58. The number of hydrogen-bond donors (Lipinski definition) is 1. The molecular weight excluding hydrogens is 297 g/mol. The number of hydrogen-bond acceptors (Lipinski definition) is 1. The van der Waals surface area contributed by atoms with E-state index < -0.39 is 0 Å². The summed E-state index contributed by atoms with van der Waals surface area (Å²) >= 11 is 3.11. The van der Waals surface area contributed by atoms with Crippen molar-refractivity contribution < 1.29 is 9.18 Å². The van der Waals surface area contributed by atoms with E-state index in [1.165, 1.54) is 6.07 Å². The minimum Gasteiger partial charge on any atom is -0.326 e. The van der Waals surface area contributed by atoms with Gasteiger partial charge in [-0.05, 0) is 47.0 Å². The SMILES string of the molecule is CCCC(CCC)C(=O)Nc1ccc(F)c(Br)c1. The van der Waals surface area contributed by atoms with Crippen molar-refractivity contribution in [2.24, 2.45) is 5.92 Å². The van der Waals surface area contributed by atoms with Gasteiger partial charge in [-0.15, -0.1) is 0 Å². The molecule has 0 bridgehead atoms. The van der Waals surface area contributed by atoms with E-state index in [0.717, 1.165) is 25.7 Å². The Hall–Kier alpha value is -0.900. The number of nitrogens with one attached hydrogen (secondary N) is 1. The second-order valence-electron chi connectivity index (χ2n) is 4.39. The summed E-state index contributed by atoms with van der Waals surface area (Å²) in [6, 6.07) is 4.50. The molecule has 0 heterocycles. The molecule has 0 aliphatic rings. The molecule has 1 aromatic rings. The van der Waals surface area contributed by atoms with Gasteiger partial charge in [-0.1, -0.05) is 26.7 Å². The van der Waals surface area contributed by atoms with E-state index in [9.17, 15) is 9.18 Å². The Balaban J connectivity index is 2.69. The zero-order chi connectivity index (χ0) is 13.5. The van der Waals surface area contributed by atoms with Crippen LogP contribution < -0.4 is 5.32 Å². The molecule has 0 unspecified atom stereocenters. The first-order valence-electron chi connectivity index (χ1n) is 6.34. The van der Waals surface area contributed by atoms with E-state index in [2.05, 4.69) is 35.1 Å². The van der Waals surface area contributed by atoms with Gasteiger partial charge in [-0.2, -0.15) is 0 Å². The molecule has 1 rings (SSSR count). The Morgan fingerprint density at radius 3 is 2.44 bits per heavy atom. The van der Waals surface area contributed by atoms with Crippen LogP contribution in [0.3, 0.4) is 0 Å². The molecule has 0 fully saturated rings. The number of anilines is 1. The van der Waals surface area contributed by atoms with Gasteiger partial charge < -0.3 is 5.32 Å². The fourth-order valence-corrected chi connectivity index (χ4v) is 2.30. The van der Waals surface area contributed by atoms with Gasteiger partial charge in [0.05, 0.1) is 4.47 Å². The fraction of sp³-hybridized carbons (Fsp3) is 0.500. The molecule has 4 heteroatoms. The van der Waals surface area contributed by atoms with E-state index in [-0.39, 0.29) is 17.6 Å². The molecule has 1 N–H and O–H groups in total. The van der Waals surface area contributed by atoms with Crippen LogP contribution >= 0.6 is 15.9 Å². The third kappa shape index (κ3) is 4.41. The number of benzene rings is 1. The van der Waals surface area contributed by atoms with Crippen LogP contribution in [0.1, 0.15) is 39.5 Å². The van der Waals surface area contributed by atoms with Crippen molar-refractivity contribution in [1.29, 1.82) is 0 Å². The summed E-state index contributed by atoms with van der Waals surface area (Å²) in [4.78, 5) is 12.1. The number of rotatable bonds is 6. The monoisotopic (exact) mass is 315 g/mol. The summed E-state index contributed by atoms with van der Waals surface area (Å²) in [5.41, 5.74) is 0.630. The number of halogens is 2. The maximum absolute atomic E-state index is 13.1. The van der Waals surface area contributed by atoms with Crippen LogP contribution in [-0.4, -0.2) is 5.91 Å². The molecule has 0 aliphatic heterocycles.